The SMILES string of the molecule is N#Cc1nc(N2CCC(CCO)C2)ccc1N. The van der Waals surface area contributed by atoms with Gasteiger partial charge in [0.15, 0.2) is 5.69 Å². The first-order chi connectivity index (χ1) is 8.24. The van der Waals surface area contributed by atoms with Crippen LogP contribution in [0, 0.1) is 17.2 Å². The number of pyridine rings is 1. The number of rotatable bonds is 3. The fraction of sp³-hybridized carbons (Fsp3) is 0.500. The third-order valence-electron chi connectivity index (χ3n) is 3.16. The van der Waals surface area contributed by atoms with Gasteiger partial charge in [-0.05, 0) is 30.9 Å². The molecule has 0 bridgehead atoms. The summed E-state index contributed by atoms with van der Waals surface area (Å²) in [5, 5.41) is 17.8. The van der Waals surface area contributed by atoms with Crippen LogP contribution in [0.3, 0.4) is 0 Å². The Bertz CT molecular complexity index is 441. The van der Waals surface area contributed by atoms with E-state index in [0.29, 0.717) is 11.6 Å². The monoisotopic (exact) mass is 232 g/mol. The second-order valence-electron chi connectivity index (χ2n) is 4.33. The molecular weight excluding hydrogens is 216 g/mol. The number of aliphatic hydroxyl groups excluding tert-OH is 1. The Morgan fingerprint density at radius 2 is 2.41 bits per heavy atom. The van der Waals surface area contributed by atoms with Crippen LogP contribution in [-0.2, 0) is 0 Å². The summed E-state index contributed by atoms with van der Waals surface area (Å²) < 4.78 is 0. The highest BCUT2D eigenvalue weighted by Gasteiger charge is 2.23. The van der Waals surface area contributed by atoms with Crippen molar-refractivity contribution in [3.05, 3.63) is 17.8 Å². The van der Waals surface area contributed by atoms with Gasteiger partial charge in [0.05, 0.1) is 5.69 Å². The molecule has 1 aromatic rings. The van der Waals surface area contributed by atoms with E-state index in [0.717, 1.165) is 31.7 Å². The molecule has 1 fully saturated rings. The van der Waals surface area contributed by atoms with Crippen molar-refractivity contribution < 1.29 is 5.11 Å². The minimum atomic E-state index is 0.233. The molecule has 1 aliphatic rings. The number of nitrogens with two attached hydrogens (primary N) is 1. The number of nitrogens with zero attached hydrogens (tertiary/aromatic N) is 3. The number of aliphatic hydroxyl groups is 1. The van der Waals surface area contributed by atoms with Crippen LogP contribution in [0.25, 0.3) is 0 Å². The zero-order valence-electron chi connectivity index (χ0n) is 9.63. The van der Waals surface area contributed by atoms with E-state index in [-0.39, 0.29) is 12.3 Å². The lowest BCUT2D eigenvalue weighted by Gasteiger charge is -2.17. The molecule has 5 nitrogen and oxygen atoms in total. The van der Waals surface area contributed by atoms with E-state index in [1.165, 1.54) is 0 Å². The number of anilines is 2. The lowest BCUT2D eigenvalue weighted by atomic mass is 10.1. The molecule has 90 valence electrons. The molecule has 17 heavy (non-hydrogen) atoms. The first-order valence-electron chi connectivity index (χ1n) is 5.77. The largest absolute Gasteiger partial charge is 0.396 e. The number of nitrogen functional groups attached to an aromatic ring is 1. The maximum absolute atomic E-state index is 8.91. The molecule has 0 saturated carbocycles. The fourth-order valence-corrected chi connectivity index (χ4v) is 2.18. The molecule has 5 heteroatoms. The van der Waals surface area contributed by atoms with Gasteiger partial charge in [-0.3, -0.25) is 0 Å². The van der Waals surface area contributed by atoms with Crippen molar-refractivity contribution >= 4 is 11.5 Å². The molecular formula is C12H16N4O. The molecule has 2 rings (SSSR count). The molecule has 0 aromatic carbocycles. The summed E-state index contributed by atoms with van der Waals surface area (Å²) in [5.41, 5.74) is 6.34. The summed E-state index contributed by atoms with van der Waals surface area (Å²) in [6.45, 7) is 2.05. The van der Waals surface area contributed by atoms with E-state index in [2.05, 4.69) is 9.88 Å². The lowest BCUT2D eigenvalue weighted by molar-refractivity contribution is 0.263. The van der Waals surface area contributed by atoms with Crippen molar-refractivity contribution in [1.29, 1.82) is 5.26 Å². The highest BCUT2D eigenvalue weighted by molar-refractivity contribution is 5.55. The van der Waals surface area contributed by atoms with Gasteiger partial charge in [-0.25, -0.2) is 4.98 Å². The van der Waals surface area contributed by atoms with Crippen molar-refractivity contribution in [2.75, 3.05) is 30.3 Å². The van der Waals surface area contributed by atoms with Crippen molar-refractivity contribution in [2.45, 2.75) is 12.8 Å². The van der Waals surface area contributed by atoms with E-state index in [4.69, 9.17) is 16.1 Å². The van der Waals surface area contributed by atoms with Gasteiger partial charge in [-0.2, -0.15) is 5.26 Å². The quantitative estimate of drug-likeness (QED) is 0.803. The molecule has 1 saturated heterocycles. The van der Waals surface area contributed by atoms with Crippen molar-refractivity contribution in [3.8, 4) is 6.07 Å². The summed E-state index contributed by atoms with van der Waals surface area (Å²) >= 11 is 0. The van der Waals surface area contributed by atoms with Crippen LogP contribution in [0.5, 0.6) is 0 Å². The average molecular weight is 232 g/mol. The van der Waals surface area contributed by atoms with Gasteiger partial charge in [0.1, 0.15) is 11.9 Å². The zero-order valence-corrected chi connectivity index (χ0v) is 9.63. The Kier molecular flexibility index (Phi) is 3.45. The second-order valence-corrected chi connectivity index (χ2v) is 4.33. The van der Waals surface area contributed by atoms with Gasteiger partial charge < -0.3 is 15.7 Å². The molecule has 1 atom stereocenters. The summed E-state index contributed by atoms with van der Waals surface area (Å²) in [7, 11) is 0. The molecule has 1 unspecified atom stereocenters. The normalized spacial score (nSPS) is 19.3. The van der Waals surface area contributed by atoms with E-state index < -0.39 is 0 Å². The second kappa shape index (κ2) is 5.02. The topological polar surface area (TPSA) is 86.2 Å². The third-order valence-corrected chi connectivity index (χ3v) is 3.16. The Hall–Kier alpha value is -1.80. The van der Waals surface area contributed by atoms with Gasteiger partial charge in [-0.15, -0.1) is 0 Å². The molecule has 0 spiro atoms. The standard InChI is InChI=1S/C12H16N4O/c13-7-11-10(14)1-2-12(15-11)16-5-3-9(8-16)4-6-17/h1-2,9,17H,3-6,8,14H2. The van der Waals surface area contributed by atoms with E-state index in [1.54, 1.807) is 6.07 Å². The number of aromatic nitrogens is 1. The van der Waals surface area contributed by atoms with Crippen LogP contribution >= 0.6 is 0 Å². The van der Waals surface area contributed by atoms with Crippen molar-refractivity contribution in [1.82, 2.24) is 4.98 Å². The minimum Gasteiger partial charge on any atom is -0.396 e. The molecule has 1 aromatic heterocycles. The molecule has 2 heterocycles. The molecule has 1 aliphatic heterocycles. The number of nitriles is 1. The summed E-state index contributed by atoms with van der Waals surface area (Å²) in [5.74, 6) is 1.32. The van der Waals surface area contributed by atoms with Crippen molar-refractivity contribution in [2.24, 2.45) is 5.92 Å². The maximum atomic E-state index is 8.91. The number of hydrogen-bond donors (Lipinski definition) is 2. The van der Waals surface area contributed by atoms with E-state index in [1.807, 2.05) is 12.1 Å². The van der Waals surface area contributed by atoms with Gasteiger partial charge in [0, 0.05) is 19.7 Å². The highest BCUT2D eigenvalue weighted by Crippen LogP contribution is 2.25. The highest BCUT2D eigenvalue weighted by atomic mass is 16.3. The van der Waals surface area contributed by atoms with E-state index >= 15 is 0 Å². The first-order valence-corrected chi connectivity index (χ1v) is 5.77. The summed E-state index contributed by atoms with van der Waals surface area (Å²) in [6.07, 6.45) is 1.89. The van der Waals surface area contributed by atoms with Gasteiger partial charge in [0.25, 0.3) is 0 Å². The summed E-state index contributed by atoms with van der Waals surface area (Å²) in [4.78, 5) is 6.38. The maximum Gasteiger partial charge on any atom is 0.165 e. The first kappa shape index (κ1) is 11.7. The van der Waals surface area contributed by atoms with Crippen LogP contribution in [-0.4, -0.2) is 29.8 Å². The van der Waals surface area contributed by atoms with Crippen molar-refractivity contribution in [3.63, 3.8) is 0 Å². The van der Waals surface area contributed by atoms with Gasteiger partial charge >= 0.3 is 0 Å². The molecule has 3 N–H and O–H groups in total. The van der Waals surface area contributed by atoms with Crippen LogP contribution in [0.2, 0.25) is 0 Å². The minimum absolute atomic E-state index is 0.233. The third kappa shape index (κ3) is 2.48. The van der Waals surface area contributed by atoms with Crippen LogP contribution in [0.1, 0.15) is 18.5 Å². The fourth-order valence-electron chi connectivity index (χ4n) is 2.18. The van der Waals surface area contributed by atoms with E-state index in [9.17, 15) is 0 Å². The predicted octanol–water partition coefficient (Wildman–Crippen LogP) is 0.744. The van der Waals surface area contributed by atoms with Crippen LogP contribution < -0.4 is 10.6 Å². The lowest BCUT2D eigenvalue weighted by Crippen LogP contribution is -2.21. The average Bonchev–Trinajstić information content (AvgIpc) is 2.79. The molecule has 0 aliphatic carbocycles. The Balaban J connectivity index is 2.11. The Morgan fingerprint density at radius 3 is 3.12 bits per heavy atom. The zero-order chi connectivity index (χ0) is 12.3. The molecule has 0 radical (unpaired) electrons. The molecule has 0 amide bonds. The van der Waals surface area contributed by atoms with Gasteiger partial charge in [0.2, 0.25) is 0 Å². The Labute approximate surface area is 100 Å². The predicted molar refractivity (Wildman–Crippen MR) is 65.4 cm³/mol. The van der Waals surface area contributed by atoms with Crippen LogP contribution in [0.4, 0.5) is 11.5 Å². The van der Waals surface area contributed by atoms with Crippen LogP contribution in [0.15, 0.2) is 12.1 Å². The summed E-state index contributed by atoms with van der Waals surface area (Å²) in [6, 6.07) is 5.56. The smallest absolute Gasteiger partial charge is 0.165 e. The van der Waals surface area contributed by atoms with Gasteiger partial charge in [-0.1, -0.05) is 0 Å². The Morgan fingerprint density at radius 1 is 1.59 bits per heavy atom. The number of hydrogen-bond acceptors (Lipinski definition) is 5.